The summed E-state index contributed by atoms with van der Waals surface area (Å²) in [5.74, 6) is -0.349. The van der Waals surface area contributed by atoms with Gasteiger partial charge in [-0.25, -0.2) is 4.79 Å². The van der Waals surface area contributed by atoms with Crippen molar-refractivity contribution in [1.29, 1.82) is 0 Å². The first kappa shape index (κ1) is 24.3. The molecule has 1 aliphatic heterocycles. The monoisotopic (exact) mass is 480 g/mol. The van der Waals surface area contributed by atoms with Crippen LogP contribution < -0.4 is 5.32 Å². The molecular formula is C32H36N2O2. The van der Waals surface area contributed by atoms with E-state index in [0.717, 1.165) is 35.9 Å². The predicted octanol–water partition coefficient (Wildman–Crippen LogP) is 6.93. The molecular weight excluding hydrogens is 444 g/mol. The largest absolute Gasteiger partial charge is 0.461 e. The summed E-state index contributed by atoms with van der Waals surface area (Å²) in [4.78, 5) is 13.8. The van der Waals surface area contributed by atoms with Crippen LogP contribution >= 0.6 is 0 Å². The molecule has 0 saturated carbocycles. The van der Waals surface area contributed by atoms with Gasteiger partial charge in [0.2, 0.25) is 0 Å². The Hall–Kier alpha value is -3.37. The summed E-state index contributed by atoms with van der Waals surface area (Å²) < 4.78 is 7.98. The van der Waals surface area contributed by atoms with E-state index in [1.807, 2.05) is 6.92 Å². The van der Waals surface area contributed by atoms with Gasteiger partial charge in [0.25, 0.3) is 0 Å². The first-order valence-electron chi connectivity index (χ1n) is 13.2. The summed E-state index contributed by atoms with van der Waals surface area (Å²) in [6.45, 7) is 9.69. The molecule has 1 aliphatic rings. The highest BCUT2D eigenvalue weighted by Crippen LogP contribution is 2.42. The lowest BCUT2D eigenvalue weighted by Gasteiger charge is -2.26. The molecule has 4 aromatic rings. The minimum atomic E-state index is -0.252. The normalized spacial score (nSPS) is 16.5. The SMILES string of the molecule is CCOC(=O)c1c(C(c2ccc(C)cc2)c2ccc(C)cc2)c2ccccc2n1C(C)C1CCCN1. The van der Waals surface area contributed by atoms with E-state index in [1.165, 1.54) is 22.3 Å². The number of carbonyl (C=O) groups is 1. The van der Waals surface area contributed by atoms with Crippen molar-refractivity contribution in [3.8, 4) is 0 Å². The van der Waals surface area contributed by atoms with Crippen LogP contribution in [-0.2, 0) is 4.74 Å². The Bertz CT molecular complexity index is 1300. The van der Waals surface area contributed by atoms with Crippen LogP contribution in [0.15, 0.2) is 72.8 Å². The van der Waals surface area contributed by atoms with Gasteiger partial charge in [0, 0.05) is 34.5 Å². The van der Waals surface area contributed by atoms with E-state index < -0.39 is 0 Å². The summed E-state index contributed by atoms with van der Waals surface area (Å²) >= 11 is 0. The van der Waals surface area contributed by atoms with Crippen molar-refractivity contribution in [3.63, 3.8) is 0 Å². The molecule has 1 saturated heterocycles. The number of para-hydroxylation sites is 1. The zero-order valence-corrected chi connectivity index (χ0v) is 21.8. The number of carbonyl (C=O) groups excluding carboxylic acids is 1. The molecule has 3 aromatic carbocycles. The van der Waals surface area contributed by atoms with Crippen molar-refractivity contribution in [2.75, 3.05) is 13.2 Å². The lowest BCUT2D eigenvalue weighted by Crippen LogP contribution is -2.32. The van der Waals surface area contributed by atoms with Crippen molar-refractivity contribution in [1.82, 2.24) is 9.88 Å². The Morgan fingerprint density at radius 1 is 0.972 bits per heavy atom. The van der Waals surface area contributed by atoms with Crippen molar-refractivity contribution in [2.45, 2.75) is 58.5 Å². The van der Waals surface area contributed by atoms with Crippen LogP contribution in [0.5, 0.6) is 0 Å². The highest BCUT2D eigenvalue weighted by Gasteiger charge is 2.34. The number of nitrogens with one attached hydrogen (secondary N) is 1. The van der Waals surface area contributed by atoms with Gasteiger partial charge in [0.05, 0.1) is 6.61 Å². The van der Waals surface area contributed by atoms with Gasteiger partial charge in [0.1, 0.15) is 5.69 Å². The molecule has 4 heteroatoms. The molecule has 36 heavy (non-hydrogen) atoms. The van der Waals surface area contributed by atoms with Crippen LogP contribution in [0.2, 0.25) is 0 Å². The summed E-state index contributed by atoms with van der Waals surface area (Å²) in [5, 5.41) is 4.77. The van der Waals surface area contributed by atoms with Gasteiger partial charge in [0.15, 0.2) is 0 Å². The van der Waals surface area contributed by atoms with Crippen molar-refractivity contribution < 1.29 is 9.53 Å². The summed E-state index contributed by atoms with van der Waals surface area (Å²) in [5.41, 5.74) is 7.56. The predicted molar refractivity (Wildman–Crippen MR) is 147 cm³/mol. The Labute approximate surface area is 214 Å². The molecule has 0 radical (unpaired) electrons. The van der Waals surface area contributed by atoms with E-state index >= 15 is 0 Å². The number of aromatic nitrogens is 1. The second-order valence-electron chi connectivity index (χ2n) is 10.1. The van der Waals surface area contributed by atoms with E-state index in [1.54, 1.807) is 0 Å². The first-order chi connectivity index (χ1) is 17.5. The van der Waals surface area contributed by atoms with Gasteiger partial charge < -0.3 is 14.6 Å². The second kappa shape index (κ2) is 10.3. The highest BCUT2D eigenvalue weighted by atomic mass is 16.5. The number of aryl methyl sites for hydroxylation is 2. The third kappa shape index (κ3) is 4.46. The van der Waals surface area contributed by atoms with Crippen LogP contribution in [0, 0.1) is 13.8 Å². The van der Waals surface area contributed by atoms with E-state index in [9.17, 15) is 4.79 Å². The molecule has 1 fully saturated rings. The Morgan fingerprint density at radius 2 is 1.58 bits per heavy atom. The number of hydrogen-bond donors (Lipinski definition) is 1. The zero-order chi connectivity index (χ0) is 25.2. The molecule has 2 heterocycles. The molecule has 2 unspecified atom stereocenters. The van der Waals surface area contributed by atoms with Crippen LogP contribution in [0.4, 0.5) is 0 Å². The fourth-order valence-electron chi connectivity index (χ4n) is 5.76. The Kier molecular flexibility index (Phi) is 6.97. The van der Waals surface area contributed by atoms with Gasteiger partial charge in [-0.05, 0) is 64.3 Å². The van der Waals surface area contributed by atoms with Crippen LogP contribution in [-0.4, -0.2) is 29.7 Å². The van der Waals surface area contributed by atoms with Crippen molar-refractivity contribution in [3.05, 3.63) is 106 Å². The standard InChI is InChI=1S/C32H36N2O2/c1-5-36-32(35)31-30(26-9-6-7-11-28(26)34(31)23(4)27-10-8-20-33-27)29(24-16-12-21(2)13-17-24)25-18-14-22(3)15-19-25/h6-7,9,11-19,23,27,29,33H,5,8,10,20H2,1-4H3. The molecule has 1 aromatic heterocycles. The number of nitrogens with zero attached hydrogens (tertiary/aromatic N) is 1. The smallest absolute Gasteiger partial charge is 0.355 e. The maximum atomic E-state index is 13.8. The lowest BCUT2D eigenvalue weighted by molar-refractivity contribution is 0.0510. The molecule has 5 rings (SSSR count). The Morgan fingerprint density at radius 3 is 2.14 bits per heavy atom. The fraction of sp³-hybridized carbons (Fsp3) is 0.344. The zero-order valence-electron chi connectivity index (χ0n) is 21.8. The number of ether oxygens (including phenoxy) is 1. The molecule has 2 atom stereocenters. The molecule has 0 aliphatic carbocycles. The van der Waals surface area contributed by atoms with E-state index in [4.69, 9.17) is 4.74 Å². The van der Waals surface area contributed by atoms with Crippen molar-refractivity contribution in [2.24, 2.45) is 0 Å². The number of benzene rings is 3. The van der Waals surface area contributed by atoms with Crippen LogP contribution in [0.3, 0.4) is 0 Å². The molecule has 4 nitrogen and oxygen atoms in total. The van der Waals surface area contributed by atoms with Gasteiger partial charge in [-0.2, -0.15) is 0 Å². The third-order valence-corrected chi connectivity index (χ3v) is 7.62. The van der Waals surface area contributed by atoms with Gasteiger partial charge in [-0.3, -0.25) is 0 Å². The quantitative estimate of drug-likeness (QED) is 0.292. The molecule has 1 N–H and O–H groups in total. The molecule has 186 valence electrons. The number of esters is 1. The fourth-order valence-corrected chi connectivity index (χ4v) is 5.76. The van der Waals surface area contributed by atoms with Gasteiger partial charge >= 0.3 is 5.97 Å². The van der Waals surface area contributed by atoms with Crippen LogP contribution in [0.25, 0.3) is 10.9 Å². The maximum Gasteiger partial charge on any atom is 0.355 e. The molecule has 0 amide bonds. The van der Waals surface area contributed by atoms with E-state index in [0.29, 0.717) is 18.3 Å². The summed E-state index contributed by atoms with van der Waals surface area (Å²) in [6, 6.07) is 26.3. The average Bonchev–Trinajstić information content (AvgIpc) is 3.54. The minimum Gasteiger partial charge on any atom is -0.461 e. The van der Waals surface area contributed by atoms with E-state index in [2.05, 4.69) is 103 Å². The van der Waals surface area contributed by atoms with Crippen molar-refractivity contribution >= 4 is 16.9 Å². The van der Waals surface area contributed by atoms with Gasteiger partial charge in [-0.1, -0.05) is 77.9 Å². The summed E-state index contributed by atoms with van der Waals surface area (Å²) in [6.07, 6.45) is 2.26. The van der Waals surface area contributed by atoms with Gasteiger partial charge in [-0.15, -0.1) is 0 Å². The second-order valence-corrected chi connectivity index (χ2v) is 10.1. The third-order valence-electron chi connectivity index (χ3n) is 7.62. The molecule has 0 spiro atoms. The minimum absolute atomic E-state index is 0.0968. The lowest BCUT2D eigenvalue weighted by atomic mass is 9.83. The Balaban J connectivity index is 1.83. The topological polar surface area (TPSA) is 43.3 Å². The van der Waals surface area contributed by atoms with E-state index in [-0.39, 0.29) is 17.9 Å². The average molecular weight is 481 g/mol. The maximum absolute atomic E-state index is 13.8. The first-order valence-corrected chi connectivity index (χ1v) is 13.2. The number of fused-ring (bicyclic) bond motifs is 1. The summed E-state index contributed by atoms with van der Waals surface area (Å²) in [7, 11) is 0. The number of hydrogen-bond acceptors (Lipinski definition) is 3. The number of rotatable bonds is 7. The highest BCUT2D eigenvalue weighted by molar-refractivity contribution is 6.00. The van der Waals surface area contributed by atoms with Crippen LogP contribution in [0.1, 0.15) is 77.0 Å². The molecule has 0 bridgehead atoms.